The maximum Gasteiger partial charge on any atom is 0.321 e. The van der Waals surface area contributed by atoms with Crippen molar-refractivity contribution in [1.29, 1.82) is 0 Å². The quantitative estimate of drug-likeness (QED) is 0.565. The molecule has 2 rings (SSSR count). The van der Waals surface area contributed by atoms with Crippen LogP contribution in [0, 0.1) is 10.1 Å². The third-order valence-electron chi connectivity index (χ3n) is 2.77. The van der Waals surface area contributed by atoms with Crippen molar-refractivity contribution in [2.45, 2.75) is 13.2 Å². The number of carbonyl (C=O) groups excluding carboxylic acids is 1. The van der Waals surface area contributed by atoms with Crippen LogP contribution in [0.1, 0.15) is 21.6 Å². The van der Waals surface area contributed by atoms with Gasteiger partial charge < -0.3 is 20.5 Å². The monoisotopic (exact) mass is 275 g/mol. The molecule has 0 saturated carbocycles. The highest BCUT2D eigenvalue weighted by molar-refractivity contribution is 5.92. The van der Waals surface area contributed by atoms with Crippen LogP contribution in [0.25, 0.3) is 0 Å². The molecule has 0 fully saturated rings. The number of aliphatic hydroxyl groups is 1. The largest absolute Gasteiger partial charge is 0.392 e. The van der Waals surface area contributed by atoms with E-state index in [4.69, 9.17) is 5.11 Å². The fourth-order valence-corrected chi connectivity index (χ4v) is 1.66. The highest BCUT2D eigenvalue weighted by Gasteiger charge is 2.14. The van der Waals surface area contributed by atoms with Crippen molar-refractivity contribution >= 4 is 11.7 Å². The molecule has 0 aliphatic heterocycles. The zero-order chi connectivity index (χ0) is 14.5. The van der Waals surface area contributed by atoms with Crippen LogP contribution in [0.4, 0.5) is 5.82 Å². The van der Waals surface area contributed by atoms with Gasteiger partial charge in [-0.05, 0) is 22.1 Å². The van der Waals surface area contributed by atoms with E-state index < -0.39 is 10.8 Å². The first kappa shape index (κ1) is 13.8. The van der Waals surface area contributed by atoms with Gasteiger partial charge in [0.15, 0.2) is 5.69 Å². The Labute approximate surface area is 114 Å². The number of hydrogen-bond donors (Lipinski definition) is 3. The van der Waals surface area contributed by atoms with E-state index in [0.717, 1.165) is 11.1 Å². The molecular formula is C13H13N3O4. The first-order valence-electron chi connectivity index (χ1n) is 5.90. The lowest BCUT2D eigenvalue weighted by atomic mass is 10.1. The Kier molecular flexibility index (Phi) is 4.11. The second kappa shape index (κ2) is 5.98. The van der Waals surface area contributed by atoms with Crippen LogP contribution in [-0.2, 0) is 13.2 Å². The van der Waals surface area contributed by atoms with Gasteiger partial charge in [0.25, 0.3) is 5.91 Å². The lowest BCUT2D eigenvalue weighted by molar-refractivity contribution is -0.389. The standard InChI is InChI=1S/C13H13N3O4/c17-8-10-3-1-9(2-4-10)7-14-13(18)11-5-6-12(15-11)16(19)20/h1-6,15,17H,7-8H2,(H,14,18). The Hall–Kier alpha value is -2.67. The number of carbonyl (C=O) groups is 1. The molecule has 0 aliphatic rings. The third-order valence-corrected chi connectivity index (χ3v) is 2.77. The molecular weight excluding hydrogens is 262 g/mol. The molecule has 0 unspecified atom stereocenters. The summed E-state index contributed by atoms with van der Waals surface area (Å²) in [4.78, 5) is 24.1. The maximum absolute atomic E-state index is 11.8. The third kappa shape index (κ3) is 3.21. The number of rotatable bonds is 5. The van der Waals surface area contributed by atoms with E-state index in [0.29, 0.717) is 6.54 Å². The normalized spacial score (nSPS) is 10.2. The van der Waals surface area contributed by atoms with Crippen molar-refractivity contribution in [3.8, 4) is 0 Å². The molecule has 20 heavy (non-hydrogen) atoms. The summed E-state index contributed by atoms with van der Waals surface area (Å²) in [6, 6.07) is 9.72. The number of nitro groups is 1. The van der Waals surface area contributed by atoms with Gasteiger partial charge in [-0.1, -0.05) is 24.3 Å². The molecule has 2 aromatic rings. The van der Waals surface area contributed by atoms with Gasteiger partial charge in [0.1, 0.15) is 0 Å². The molecule has 0 saturated heterocycles. The molecule has 1 aromatic carbocycles. The minimum absolute atomic E-state index is 0.0290. The number of aromatic nitrogens is 1. The Balaban J connectivity index is 1.95. The van der Waals surface area contributed by atoms with Gasteiger partial charge in [0.2, 0.25) is 0 Å². The van der Waals surface area contributed by atoms with E-state index in [2.05, 4.69) is 10.3 Å². The SMILES string of the molecule is O=C(NCc1ccc(CO)cc1)c1ccc([N+](=O)[O-])[nH]1. The second-order valence-corrected chi connectivity index (χ2v) is 4.17. The molecule has 7 heteroatoms. The molecule has 0 spiro atoms. The van der Waals surface area contributed by atoms with E-state index in [9.17, 15) is 14.9 Å². The summed E-state index contributed by atoms with van der Waals surface area (Å²) in [7, 11) is 0. The first-order chi connectivity index (χ1) is 9.60. The van der Waals surface area contributed by atoms with Gasteiger partial charge in [0, 0.05) is 12.6 Å². The highest BCUT2D eigenvalue weighted by Crippen LogP contribution is 2.10. The molecule has 0 atom stereocenters. The summed E-state index contributed by atoms with van der Waals surface area (Å²) in [6.07, 6.45) is 0. The minimum atomic E-state index is -0.593. The van der Waals surface area contributed by atoms with Crippen LogP contribution < -0.4 is 5.32 Å². The Bertz CT molecular complexity index is 619. The van der Waals surface area contributed by atoms with E-state index in [-0.39, 0.29) is 18.1 Å². The number of hydrogen-bond acceptors (Lipinski definition) is 4. The average Bonchev–Trinajstić information content (AvgIpc) is 2.95. The lowest BCUT2D eigenvalue weighted by Gasteiger charge is -2.03. The molecule has 0 aliphatic carbocycles. The van der Waals surface area contributed by atoms with Gasteiger partial charge in [-0.15, -0.1) is 0 Å². The fraction of sp³-hybridized carbons (Fsp3) is 0.154. The summed E-state index contributed by atoms with van der Waals surface area (Å²) < 4.78 is 0. The van der Waals surface area contributed by atoms with Crippen molar-refractivity contribution in [2.24, 2.45) is 0 Å². The minimum Gasteiger partial charge on any atom is -0.392 e. The number of amides is 1. The van der Waals surface area contributed by atoms with Gasteiger partial charge >= 0.3 is 5.82 Å². The number of nitrogens with one attached hydrogen (secondary N) is 2. The van der Waals surface area contributed by atoms with Crippen LogP contribution in [-0.4, -0.2) is 20.9 Å². The van der Waals surface area contributed by atoms with Crippen molar-refractivity contribution in [3.05, 3.63) is 63.3 Å². The Morgan fingerprint density at radius 2 is 1.85 bits per heavy atom. The Morgan fingerprint density at radius 3 is 2.40 bits per heavy atom. The average molecular weight is 275 g/mol. The molecule has 1 heterocycles. The summed E-state index contributed by atoms with van der Waals surface area (Å²) in [5.41, 5.74) is 1.81. The first-order valence-corrected chi connectivity index (χ1v) is 5.90. The van der Waals surface area contributed by atoms with E-state index in [1.54, 1.807) is 24.3 Å². The van der Waals surface area contributed by atoms with E-state index in [1.165, 1.54) is 12.1 Å². The zero-order valence-electron chi connectivity index (χ0n) is 10.5. The van der Waals surface area contributed by atoms with Gasteiger partial charge in [-0.2, -0.15) is 0 Å². The highest BCUT2D eigenvalue weighted by atomic mass is 16.6. The number of aliphatic hydroxyl groups excluding tert-OH is 1. The number of H-pyrrole nitrogens is 1. The molecule has 1 aromatic heterocycles. The molecule has 7 nitrogen and oxygen atoms in total. The van der Waals surface area contributed by atoms with Crippen molar-refractivity contribution < 1.29 is 14.8 Å². The number of aromatic amines is 1. The topological polar surface area (TPSA) is 108 Å². The maximum atomic E-state index is 11.8. The summed E-state index contributed by atoms with van der Waals surface area (Å²) >= 11 is 0. The predicted molar refractivity (Wildman–Crippen MR) is 71.0 cm³/mol. The van der Waals surface area contributed by atoms with Gasteiger partial charge in [-0.3, -0.25) is 4.79 Å². The zero-order valence-corrected chi connectivity index (χ0v) is 10.5. The van der Waals surface area contributed by atoms with E-state index >= 15 is 0 Å². The molecule has 0 bridgehead atoms. The van der Waals surface area contributed by atoms with Crippen molar-refractivity contribution in [3.63, 3.8) is 0 Å². The second-order valence-electron chi connectivity index (χ2n) is 4.17. The van der Waals surface area contributed by atoms with Crippen LogP contribution in [0.3, 0.4) is 0 Å². The lowest BCUT2D eigenvalue weighted by Crippen LogP contribution is -2.23. The predicted octanol–water partition coefficient (Wildman–Crippen LogP) is 1.35. The van der Waals surface area contributed by atoms with Crippen molar-refractivity contribution in [1.82, 2.24) is 10.3 Å². The fourth-order valence-electron chi connectivity index (χ4n) is 1.66. The van der Waals surface area contributed by atoms with Gasteiger partial charge in [0.05, 0.1) is 6.61 Å². The number of nitrogens with zero attached hydrogens (tertiary/aromatic N) is 1. The Morgan fingerprint density at radius 1 is 1.20 bits per heavy atom. The summed E-state index contributed by atoms with van der Waals surface area (Å²) in [5.74, 6) is -0.633. The molecule has 104 valence electrons. The van der Waals surface area contributed by atoms with Crippen LogP contribution in [0.2, 0.25) is 0 Å². The smallest absolute Gasteiger partial charge is 0.321 e. The number of benzene rings is 1. The van der Waals surface area contributed by atoms with Gasteiger partial charge in [-0.25, -0.2) is 4.98 Å². The van der Waals surface area contributed by atoms with E-state index in [1.807, 2.05) is 0 Å². The molecule has 1 amide bonds. The molecule has 3 N–H and O–H groups in total. The van der Waals surface area contributed by atoms with Crippen LogP contribution in [0.15, 0.2) is 36.4 Å². The summed E-state index contributed by atoms with van der Waals surface area (Å²) in [5, 5.41) is 22.1. The molecule has 0 radical (unpaired) electrons. The summed E-state index contributed by atoms with van der Waals surface area (Å²) in [6.45, 7) is 0.274. The van der Waals surface area contributed by atoms with Crippen molar-refractivity contribution in [2.75, 3.05) is 0 Å². The van der Waals surface area contributed by atoms with Crippen LogP contribution >= 0.6 is 0 Å². The van der Waals surface area contributed by atoms with Crippen LogP contribution in [0.5, 0.6) is 0 Å².